The fourth-order valence-corrected chi connectivity index (χ4v) is 11.0. The molecule has 0 saturated heterocycles. The first kappa shape index (κ1) is 61.1. The van der Waals surface area contributed by atoms with Crippen LogP contribution in [0.2, 0.25) is 0 Å². The van der Waals surface area contributed by atoms with Crippen LogP contribution in [-0.4, -0.2) is 27.8 Å². The van der Waals surface area contributed by atoms with Gasteiger partial charge in [0, 0.05) is 18.3 Å². The summed E-state index contributed by atoms with van der Waals surface area (Å²) >= 11 is 0. The molecule has 0 aliphatic heterocycles. The predicted molar refractivity (Wildman–Crippen MR) is 277 cm³/mol. The highest BCUT2D eigenvalue weighted by molar-refractivity contribution is 6.36. The standard InChI is InChI=1S/C57H118O3Si/c1-7-10-13-16-19-22-25-28-31-34-37-40-43-46-49-52-55(4)58-61(59-56(5)53-50-47-44-41-38-35-32-29-26-23-20-17-14-11-8-2)60-57(6)54-51-48-45-42-39-36-33-30-27-24-21-18-15-12-9-3/h55-57,61H,7-54H2,1-6H3. The van der Waals surface area contributed by atoms with Gasteiger partial charge in [-0.3, -0.25) is 0 Å². The van der Waals surface area contributed by atoms with E-state index in [1.165, 1.54) is 289 Å². The summed E-state index contributed by atoms with van der Waals surface area (Å²) in [6.45, 7) is 13.7. The molecule has 0 heterocycles. The van der Waals surface area contributed by atoms with Crippen LogP contribution in [0.15, 0.2) is 0 Å². The van der Waals surface area contributed by atoms with E-state index in [4.69, 9.17) is 13.3 Å². The molecule has 0 radical (unpaired) electrons. The third-order valence-electron chi connectivity index (χ3n) is 13.7. The third-order valence-corrected chi connectivity index (χ3v) is 15.7. The molecule has 0 fully saturated rings. The molecule has 0 N–H and O–H groups in total. The van der Waals surface area contributed by atoms with Crippen molar-refractivity contribution in [3.05, 3.63) is 0 Å². The van der Waals surface area contributed by atoms with Gasteiger partial charge < -0.3 is 13.3 Å². The number of rotatable bonds is 54. The molecule has 0 bridgehead atoms. The molecule has 368 valence electrons. The first-order valence-electron chi connectivity index (χ1n) is 29.0. The molecule has 0 aromatic carbocycles. The van der Waals surface area contributed by atoms with Gasteiger partial charge in [0.05, 0.1) is 0 Å². The van der Waals surface area contributed by atoms with Gasteiger partial charge in [-0.2, -0.15) is 0 Å². The van der Waals surface area contributed by atoms with Crippen molar-refractivity contribution in [2.45, 2.75) is 368 Å². The Labute approximate surface area is 389 Å². The van der Waals surface area contributed by atoms with E-state index < -0.39 is 9.53 Å². The Bertz CT molecular complexity index is 678. The largest absolute Gasteiger partial charge is 0.484 e. The van der Waals surface area contributed by atoms with Crippen LogP contribution in [-0.2, 0) is 13.3 Å². The van der Waals surface area contributed by atoms with Gasteiger partial charge in [0.2, 0.25) is 0 Å². The highest BCUT2D eigenvalue weighted by atomic mass is 28.3. The number of hydrogen-bond acceptors (Lipinski definition) is 3. The highest BCUT2D eigenvalue weighted by Crippen LogP contribution is 2.20. The first-order chi connectivity index (χ1) is 30.0. The van der Waals surface area contributed by atoms with Crippen LogP contribution in [0.5, 0.6) is 0 Å². The van der Waals surface area contributed by atoms with Gasteiger partial charge in [0.1, 0.15) is 0 Å². The maximum atomic E-state index is 6.66. The van der Waals surface area contributed by atoms with Gasteiger partial charge in [-0.15, -0.1) is 0 Å². The molecule has 3 nitrogen and oxygen atoms in total. The summed E-state index contributed by atoms with van der Waals surface area (Å²) in [6, 6.07) is 0. The quantitative estimate of drug-likeness (QED) is 0.0450. The molecule has 0 aliphatic carbocycles. The summed E-state index contributed by atoms with van der Waals surface area (Å²) in [7, 11) is -2.19. The van der Waals surface area contributed by atoms with E-state index in [2.05, 4.69) is 41.5 Å². The maximum Gasteiger partial charge on any atom is 0.484 e. The Kier molecular flexibility index (Phi) is 52.8. The van der Waals surface area contributed by atoms with E-state index in [9.17, 15) is 0 Å². The fraction of sp³-hybridized carbons (Fsp3) is 1.00. The molecule has 3 unspecified atom stereocenters. The van der Waals surface area contributed by atoms with Crippen molar-refractivity contribution in [2.75, 3.05) is 0 Å². The predicted octanol–water partition coefficient (Wildman–Crippen LogP) is 20.7. The molecule has 0 aliphatic rings. The Hall–Kier alpha value is 0.0969. The second kappa shape index (κ2) is 52.7. The lowest BCUT2D eigenvalue weighted by Gasteiger charge is -2.27. The smallest absolute Gasteiger partial charge is 0.373 e. The van der Waals surface area contributed by atoms with Gasteiger partial charge in [-0.1, -0.05) is 310 Å². The summed E-state index contributed by atoms with van der Waals surface area (Å²) in [6.07, 6.45) is 67.7. The van der Waals surface area contributed by atoms with Gasteiger partial charge in [-0.25, -0.2) is 0 Å². The molecule has 0 aromatic rings. The van der Waals surface area contributed by atoms with Crippen molar-refractivity contribution >= 4 is 9.53 Å². The summed E-state index contributed by atoms with van der Waals surface area (Å²) < 4.78 is 20.0. The first-order valence-corrected chi connectivity index (χ1v) is 30.4. The molecule has 0 aromatic heterocycles. The lowest BCUT2D eigenvalue weighted by Crippen LogP contribution is -2.37. The Morgan fingerprint density at radius 3 is 0.492 bits per heavy atom. The monoisotopic (exact) mass is 879 g/mol. The molecule has 0 rings (SSSR count). The normalized spacial score (nSPS) is 13.9. The summed E-state index contributed by atoms with van der Waals surface area (Å²) in [5, 5.41) is 0. The molecular weight excluding hydrogens is 761 g/mol. The summed E-state index contributed by atoms with van der Waals surface area (Å²) in [4.78, 5) is 0. The van der Waals surface area contributed by atoms with E-state index >= 15 is 0 Å². The van der Waals surface area contributed by atoms with Crippen LogP contribution in [0.1, 0.15) is 350 Å². The summed E-state index contributed by atoms with van der Waals surface area (Å²) in [5.41, 5.74) is 0. The second-order valence-electron chi connectivity index (χ2n) is 20.3. The van der Waals surface area contributed by atoms with E-state index in [0.717, 1.165) is 19.3 Å². The second-order valence-corrected chi connectivity index (χ2v) is 21.7. The molecule has 4 heteroatoms. The van der Waals surface area contributed by atoms with Crippen LogP contribution >= 0.6 is 0 Å². The van der Waals surface area contributed by atoms with Crippen molar-refractivity contribution in [3.8, 4) is 0 Å². The van der Waals surface area contributed by atoms with Gasteiger partial charge in [-0.05, 0) is 40.0 Å². The van der Waals surface area contributed by atoms with E-state index in [-0.39, 0.29) is 18.3 Å². The minimum Gasteiger partial charge on any atom is -0.373 e. The summed E-state index contributed by atoms with van der Waals surface area (Å²) in [5.74, 6) is 0. The zero-order valence-corrected chi connectivity index (χ0v) is 44.6. The van der Waals surface area contributed by atoms with Crippen molar-refractivity contribution in [3.63, 3.8) is 0 Å². The van der Waals surface area contributed by atoms with Crippen LogP contribution in [0.4, 0.5) is 0 Å². The Balaban J connectivity index is 4.30. The molecule has 0 amide bonds. The van der Waals surface area contributed by atoms with Gasteiger partial charge in [0.15, 0.2) is 0 Å². The van der Waals surface area contributed by atoms with E-state index in [1.807, 2.05) is 0 Å². The van der Waals surface area contributed by atoms with E-state index in [0.29, 0.717) is 0 Å². The maximum absolute atomic E-state index is 6.66. The Morgan fingerprint density at radius 2 is 0.344 bits per heavy atom. The van der Waals surface area contributed by atoms with Crippen molar-refractivity contribution < 1.29 is 13.3 Å². The zero-order valence-electron chi connectivity index (χ0n) is 43.5. The SMILES string of the molecule is CCCCCCCCCCCCCCCCCC(C)O[SiH](OC(C)CCCCCCCCCCCCCCCCC)OC(C)CCCCCCCCCCCCCCCCC. The molecular formula is C57H118O3Si. The van der Waals surface area contributed by atoms with Crippen LogP contribution in [0.25, 0.3) is 0 Å². The van der Waals surface area contributed by atoms with E-state index in [1.54, 1.807) is 0 Å². The molecule has 0 spiro atoms. The zero-order chi connectivity index (χ0) is 44.4. The van der Waals surface area contributed by atoms with Crippen LogP contribution < -0.4 is 0 Å². The lowest BCUT2D eigenvalue weighted by molar-refractivity contribution is 0.0133. The Morgan fingerprint density at radius 1 is 0.213 bits per heavy atom. The van der Waals surface area contributed by atoms with Gasteiger partial charge in [0.25, 0.3) is 0 Å². The molecule has 3 atom stereocenters. The van der Waals surface area contributed by atoms with Gasteiger partial charge >= 0.3 is 9.53 Å². The third kappa shape index (κ3) is 50.9. The van der Waals surface area contributed by atoms with Crippen LogP contribution in [0.3, 0.4) is 0 Å². The highest BCUT2D eigenvalue weighted by Gasteiger charge is 2.24. The number of unbranched alkanes of at least 4 members (excludes halogenated alkanes) is 42. The van der Waals surface area contributed by atoms with Crippen molar-refractivity contribution in [1.82, 2.24) is 0 Å². The average Bonchev–Trinajstić information content (AvgIpc) is 3.25. The number of hydrogen-bond donors (Lipinski definition) is 0. The topological polar surface area (TPSA) is 27.7 Å². The minimum atomic E-state index is -2.19. The lowest BCUT2D eigenvalue weighted by atomic mass is 10.0. The fourth-order valence-electron chi connectivity index (χ4n) is 9.28. The molecule has 0 saturated carbocycles. The van der Waals surface area contributed by atoms with Crippen LogP contribution in [0, 0.1) is 0 Å². The minimum absolute atomic E-state index is 0.231. The van der Waals surface area contributed by atoms with Crippen molar-refractivity contribution in [2.24, 2.45) is 0 Å². The average molecular weight is 880 g/mol. The molecule has 61 heavy (non-hydrogen) atoms. The van der Waals surface area contributed by atoms with Crippen molar-refractivity contribution in [1.29, 1.82) is 0 Å².